The van der Waals surface area contributed by atoms with E-state index in [2.05, 4.69) is 95.9 Å². The van der Waals surface area contributed by atoms with Crippen LogP contribution in [0.3, 0.4) is 0 Å². The van der Waals surface area contributed by atoms with Gasteiger partial charge in [-0.25, -0.2) is 0 Å². The number of benzene rings is 4. The van der Waals surface area contributed by atoms with Gasteiger partial charge in [0.05, 0.1) is 5.69 Å². The van der Waals surface area contributed by atoms with E-state index in [1.165, 1.54) is 10.8 Å². The molecule has 1 radical (unpaired) electrons. The molecule has 0 spiro atoms. The molecular formula is C22H16N. The summed E-state index contributed by atoms with van der Waals surface area (Å²) in [5, 5.41) is 2.43. The summed E-state index contributed by atoms with van der Waals surface area (Å²) in [4.78, 5) is 2.23. The minimum Gasteiger partial charge on any atom is -0.310 e. The quantitative estimate of drug-likeness (QED) is 0.440. The van der Waals surface area contributed by atoms with Crippen LogP contribution < -0.4 is 4.90 Å². The van der Waals surface area contributed by atoms with Gasteiger partial charge in [0, 0.05) is 17.4 Å². The largest absolute Gasteiger partial charge is 0.310 e. The van der Waals surface area contributed by atoms with Crippen molar-refractivity contribution in [2.75, 3.05) is 4.90 Å². The Labute approximate surface area is 136 Å². The monoisotopic (exact) mass is 294 g/mol. The molecule has 23 heavy (non-hydrogen) atoms. The average Bonchev–Trinajstić information content (AvgIpc) is 2.64. The van der Waals surface area contributed by atoms with Crippen molar-refractivity contribution in [3.63, 3.8) is 0 Å². The van der Waals surface area contributed by atoms with E-state index in [0.29, 0.717) is 0 Å². The summed E-state index contributed by atoms with van der Waals surface area (Å²) in [6, 6.07) is 36.9. The van der Waals surface area contributed by atoms with Crippen molar-refractivity contribution in [1.82, 2.24) is 0 Å². The van der Waals surface area contributed by atoms with E-state index in [1.54, 1.807) is 0 Å². The van der Waals surface area contributed by atoms with E-state index in [-0.39, 0.29) is 0 Å². The molecule has 1 nitrogen and oxygen atoms in total. The minimum atomic E-state index is 1.04. The molecule has 4 rings (SSSR count). The number of rotatable bonds is 3. The second kappa shape index (κ2) is 5.98. The van der Waals surface area contributed by atoms with Crippen molar-refractivity contribution in [1.29, 1.82) is 0 Å². The van der Waals surface area contributed by atoms with Crippen LogP contribution in [0.25, 0.3) is 10.8 Å². The molecule has 0 amide bonds. The fourth-order valence-electron chi connectivity index (χ4n) is 2.82. The SMILES string of the molecule is [c]1cc2ccccc2cc1N(c1ccccc1)c1ccccc1. The second-order valence-electron chi connectivity index (χ2n) is 5.45. The molecular weight excluding hydrogens is 278 g/mol. The van der Waals surface area contributed by atoms with Gasteiger partial charge in [-0.1, -0.05) is 60.7 Å². The minimum absolute atomic E-state index is 1.04. The maximum atomic E-state index is 3.43. The van der Waals surface area contributed by atoms with E-state index in [9.17, 15) is 0 Å². The highest BCUT2D eigenvalue weighted by atomic mass is 15.1. The summed E-state index contributed by atoms with van der Waals surface area (Å²) in [6.07, 6.45) is 0. The molecule has 0 aromatic heterocycles. The zero-order valence-electron chi connectivity index (χ0n) is 12.7. The fraction of sp³-hybridized carbons (Fsp3) is 0. The molecule has 0 aliphatic carbocycles. The first-order valence-electron chi connectivity index (χ1n) is 7.72. The van der Waals surface area contributed by atoms with Gasteiger partial charge >= 0.3 is 0 Å². The number of hydrogen-bond donors (Lipinski definition) is 0. The van der Waals surface area contributed by atoms with Crippen LogP contribution in [0.5, 0.6) is 0 Å². The highest BCUT2D eigenvalue weighted by Crippen LogP contribution is 2.35. The van der Waals surface area contributed by atoms with Crippen molar-refractivity contribution in [2.24, 2.45) is 0 Å². The van der Waals surface area contributed by atoms with Gasteiger partial charge < -0.3 is 4.90 Å². The standard InChI is InChI=1S/C22H16N/c1-3-11-20(12-4-1)23(21-13-5-2-6-14-21)22-16-15-18-9-7-8-10-19(18)17-22/h1-15,17H. The molecule has 0 saturated carbocycles. The average molecular weight is 294 g/mol. The number of anilines is 3. The van der Waals surface area contributed by atoms with E-state index in [1.807, 2.05) is 12.1 Å². The van der Waals surface area contributed by atoms with Crippen molar-refractivity contribution in [3.8, 4) is 0 Å². The molecule has 0 aliphatic rings. The maximum absolute atomic E-state index is 3.43. The lowest BCUT2D eigenvalue weighted by Crippen LogP contribution is -2.09. The van der Waals surface area contributed by atoms with E-state index < -0.39 is 0 Å². The van der Waals surface area contributed by atoms with E-state index >= 15 is 0 Å². The molecule has 0 bridgehead atoms. The van der Waals surface area contributed by atoms with Gasteiger partial charge in [0.15, 0.2) is 0 Å². The third-order valence-corrected chi connectivity index (χ3v) is 3.93. The summed E-state index contributed by atoms with van der Waals surface area (Å²) in [5.41, 5.74) is 3.30. The normalized spacial score (nSPS) is 10.6. The number of para-hydroxylation sites is 2. The zero-order valence-corrected chi connectivity index (χ0v) is 12.7. The Hall–Kier alpha value is -3.06. The first-order valence-corrected chi connectivity index (χ1v) is 7.72. The summed E-state index contributed by atoms with van der Waals surface area (Å²) >= 11 is 0. The molecule has 0 heterocycles. The summed E-state index contributed by atoms with van der Waals surface area (Å²) in [6.45, 7) is 0. The summed E-state index contributed by atoms with van der Waals surface area (Å²) < 4.78 is 0. The van der Waals surface area contributed by atoms with Gasteiger partial charge in [0.2, 0.25) is 0 Å². The number of hydrogen-bond acceptors (Lipinski definition) is 1. The molecule has 109 valence electrons. The topological polar surface area (TPSA) is 3.24 Å². The number of fused-ring (bicyclic) bond motifs is 1. The van der Waals surface area contributed by atoms with Crippen LogP contribution >= 0.6 is 0 Å². The van der Waals surface area contributed by atoms with Gasteiger partial charge in [0.1, 0.15) is 0 Å². The van der Waals surface area contributed by atoms with Gasteiger partial charge in [-0.2, -0.15) is 0 Å². The molecule has 0 atom stereocenters. The third kappa shape index (κ3) is 2.69. The van der Waals surface area contributed by atoms with Crippen molar-refractivity contribution >= 4 is 27.8 Å². The van der Waals surface area contributed by atoms with Crippen LogP contribution in [-0.4, -0.2) is 0 Å². The number of nitrogens with zero attached hydrogens (tertiary/aromatic N) is 1. The van der Waals surface area contributed by atoms with E-state index in [0.717, 1.165) is 17.1 Å². The molecule has 4 aromatic rings. The van der Waals surface area contributed by atoms with Gasteiger partial charge in [0.25, 0.3) is 0 Å². The molecule has 0 unspecified atom stereocenters. The molecule has 1 heteroatoms. The predicted octanol–water partition coefficient (Wildman–Crippen LogP) is 6.11. The highest BCUT2D eigenvalue weighted by Gasteiger charge is 2.12. The summed E-state index contributed by atoms with van der Waals surface area (Å²) in [5.74, 6) is 0. The maximum Gasteiger partial charge on any atom is 0.0547 e. The lowest BCUT2D eigenvalue weighted by Gasteiger charge is -2.25. The van der Waals surface area contributed by atoms with Crippen molar-refractivity contribution in [3.05, 3.63) is 103 Å². The van der Waals surface area contributed by atoms with Gasteiger partial charge in [-0.15, -0.1) is 0 Å². The summed E-state index contributed by atoms with van der Waals surface area (Å²) in [7, 11) is 0. The fourth-order valence-corrected chi connectivity index (χ4v) is 2.82. The molecule has 0 fully saturated rings. The Balaban J connectivity index is 1.90. The van der Waals surface area contributed by atoms with Crippen LogP contribution in [0, 0.1) is 6.07 Å². The smallest absolute Gasteiger partial charge is 0.0547 e. The first-order chi connectivity index (χ1) is 11.4. The Morgan fingerprint density at radius 1 is 0.565 bits per heavy atom. The zero-order chi connectivity index (χ0) is 15.5. The Kier molecular flexibility index (Phi) is 3.53. The Bertz CT molecular complexity index is 874. The van der Waals surface area contributed by atoms with Gasteiger partial charge in [-0.3, -0.25) is 0 Å². The Morgan fingerprint density at radius 3 is 1.70 bits per heavy atom. The van der Waals surface area contributed by atoms with Crippen LogP contribution in [0.1, 0.15) is 0 Å². The van der Waals surface area contributed by atoms with Crippen LogP contribution in [-0.2, 0) is 0 Å². The van der Waals surface area contributed by atoms with Crippen LogP contribution in [0.15, 0.2) is 97.1 Å². The van der Waals surface area contributed by atoms with Gasteiger partial charge in [-0.05, 0) is 47.2 Å². The molecule has 4 aromatic carbocycles. The second-order valence-corrected chi connectivity index (χ2v) is 5.45. The predicted molar refractivity (Wildman–Crippen MR) is 97.5 cm³/mol. The van der Waals surface area contributed by atoms with Crippen LogP contribution in [0.4, 0.5) is 17.1 Å². The van der Waals surface area contributed by atoms with E-state index in [4.69, 9.17) is 0 Å². The van der Waals surface area contributed by atoms with Crippen molar-refractivity contribution in [2.45, 2.75) is 0 Å². The highest BCUT2D eigenvalue weighted by molar-refractivity contribution is 5.88. The lowest BCUT2D eigenvalue weighted by molar-refractivity contribution is 1.29. The molecule has 0 saturated heterocycles. The third-order valence-electron chi connectivity index (χ3n) is 3.93. The van der Waals surface area contributed by atoms with Crippen LogP contribution in [0.2, 0.25) is 0 Å². The molecule has 0 aliphatic heterocycles. The Morgan fingerprint density at radius 2 is 1.09 bits per heavy atom. The lowest BCUT2D eigenvalue weighted by atomic mass is 10.1. The van der Waals surface area contributed by atoms with Crippen molar-refractivity contribution < 1.29 is 0 Å². The molecule has 0 N–H and O–H groups in total. The first kappa shape index (κ1) is 13.6.